The van der Waals surface area contributed by atoms with Gasteiger partial charge in [0.15, 0.2) is 0 Å². The maximum atomic E-state index is 10.5. The molecule has 0 unspecified atom stereocenters. The Bertz CT molecular complexity index is 194. The lowest BCUT2D eigenvalue weighted by Crippen LogP contribution is -2.21. The van der Waals surface area contributed by atoms with E-state index >= 15 is 0 Å². The van der Waals surface area contributed by atoms with Crippen LogP contribution in [0.5, 0.6) is 0 Å². The van der Waals surface area contributed by atoms with Crippen LogP contribution in [0.4, 0.5) is 0 Å². The fraction of sp³-hybridized carbons (Fsp3) is 0.500. The van der Waals surface area contributed by atoms with Gasteiger partial charge in [-0.15, -0.1) is 0 Å². The Hall–Kier alpha value is -1.12. The number of carbonyl (C=O) groups excluding carboxylic acids is 2. The molecule has 0 bridgehead atoms. The largest absolute Gasteiger partial charge is 0.366 e. The van der Waals surface area contributed by atoms with E-state index in [0.29, 0.717) is 12.0 Å². The van der Waals surface area contributed by atoms with Crippen LogP contribution in [0.15, 0.2) is 12.2 Å². The summed E-state index contributed by atoms with van der Waals surface area (Å²) >= 11 is 0. The molecule has 1 amide bonds. The van der Waals surface area contributed by atoms with Crippen molar-refractivity contribution in [2.24, 2.45) is 11.1 Å². The Morgan fingerprint density at radius 3 is 2.36 bits per heavy atom. The van der Waals surface area contributed by atoms with Crippen molar-refractivity contribution in [3.8, 4) is 0 Å². The first-order chi connectivity index (χ1) is 4.89. The molecule has 2 N–H and O–H groups in total. The number of amides is 1. The van der Waals surface area contributed by atoms with Gasteiger partial charge < -0.3 is 10.5 Å². The van der Waals surface area contributed by atoms with Gasteiger partial charge in [0.25, 0.3) is 0 Å². The minimum Gasteiger partial charge on any atom is -0.366 e. The van der Waals surface area contributed by atoms with Crippen molar-refractivity contribution in [2.75, 3.05) is 0 Å². The SMILES string of the molecule is C=C(CC(C)(C)C=O)C(N)=O. The van der Waals surface area contributed by atoms with E-state index in [0.717, 1.165) is 6.29 Å². The second-order valence-corrected chi connectivity index (χ2v) is 3.25. The van der Waals surface area contributed by atoms with Gasteiger partial charge >= 0.3 is 0 Å². The molecule has 0 atom stereocenters. The summed E-state index contributed by atoms with van der Waals surface area (Å²) < 4.78 is 0. The molecule has 0 fully saturated rings. The maximum Gasteiger partial charge on any atom is 0.244 e. The number of primary amides is 1. The first-order valence-electron chi connectivity index (χ1n) is 3.33. The van der Waals surface area contributed by atoms with Crippen molar-refractivity contribution in [1.29, 1.82) is 0 Å². The molecule has 0 aliphatic rings. The van der Waals surface area contributed by atoms with Gasteiger partial charge in [-0.25, -0.2) is 0 Å². The van der Waals surface area contributed by atoms with E-state index < -0.39 is 11.3 Å². The zero-order valence-corrected chi connectivity index (χ0v) is 6.89. The second kappa shape index (κ2) is 3.32. The van der Waals surface area contributed by atoms with Crippen LogP contribution in [0.25, 0.3) is 0 Å². The van der Waals surface area contributed by atoms with Crippen LogP contribution >= 0.6 is 0 Å². The number of hydrogen-bond donors (Lipinski definition) is 1. The molecule has 3 heteroatoms. The highest BCUT2D eigenvalue weighted by molar-refractivity contribution is 5.91. The molecule has 0 aromatic rings. The summed E-state index contributed by atoms with van der Waals surface area (Å²) in [5.41, 5.74) is 4.70. The third-order valence-corrected chi connectivity index (χ3v) is 1.34. The summed E-state index contributed by atoms with van der Waals surface area (Å²) in [6.45, 7) is 6.91. The van der Waals surface area contributed by atoms with Crippen LogP contribution in [0, 0.1) is 5.41 Å². The lowest BCUT2D eigenvalue weighted by atomic mass is 9.88. The summed E-state index contributed by atoms with van der Waals surface area (Å²) in [6, 6.07) is 0. The number of hydrogen-bond acceptors (Lipinski definition) is 2. The minimum atomic E-state index is -0.542. The Kier molecular flexibility index (Phi) is 2.99. The predicted octanol–water partition coefficient (Wildman–Crippen LogP) is 0.643. The Morgan fingerprint density at radius 1 is 1.64 bits per heavy atom. The number of aldehydes is 1. The average Bonchev–Trinajstić information content (AvgIpc) is 1.87. The third kappa shape index (κ3) is 3.55. The lowest BCUT2D eigenvalue weighted by Gasteiger charge is -2.15. The highest BCUT2D eigenvalue weighted by Crippen LogP contribution is 2.20. The van der Waals surface area contributed by atoms with Crippen molar-refractivity contribution in [3.63, 3.8) is 0 Å². The van der Waals surface area contributed by atoms with Crippen LogP contribution in [-0.2, 0) is 9.59 Å². The molecule has 11 heavy (non-hydrogen) atoms. The Morgan fingerprint density at radius 2 is 2.09 bits per heavy atom. The number of nitrogens with two attached hydrogens (primary N) is 1. The van der Waals surface area contributed by atoms with E-state index in [9.17, 15) is 9.59 Å². The molecule has 0 saturated carbocycles. The lowest BCUT2D eigenvalue weighted by molar-refractivity contribution is -0.116. The zero-order chi connectivity index (χ0) is 9.07. The van der Waals surface area contributed by atoms with Crippen molar-refractivity contribution >= 4 is 12.2 Å². The van der Waals surface area contributed by atoms with Gasteiger partial charge in [0.2, 0.25) is 5.91 Å². The van der Waals surface area contributed by atoms with Crippen molar-refractivity contribution in [2.45, 2.75) is 20.3 Å². The topological polar surface area (TPSA) is 60.2 Å². The van der Waals surface area contributed by atoms with Gasteiger partial charge in [0.05, 0.1) is 0 Å². The van der Waals surface area contributed by atoms with Gasteiger partial charge in [-0.3, -0.25) is 4.79 Å². The van der Waals surface area contributed by atoms with Crippen molar-refractivity contribution in [1.82, 2.24) is 0 Å². The molecule has 0 rings (SSSR count). The second-order valence-electron chi connectivity index (χ2n) is 3.25. The molecule has 0 saturated heterocycles. The van der Waals surface area contributed by atoms with Gasteiger partial charge in [0.1, 0.15) is 6.29 Å². The molecular weight excluding hydrogens is 142 g/mol. The van der Waals surface area contributed by atoms with E-state index in [-0.39, 0.29) is 0 Å². The zero-order valence-electron chi connectivity index (χ0n) is 6.89. The molecule has 0 aliphatic carbocycles. The molecule has 62 valence electrons. The smallest absolute Gasteiger partial charge is 0.244 e. The van der Waals surface area contributed by atoms with Gasteiger partial charge in [-0.05, 0) is 6.42 Å². The summed E-state index contributed by atoms with van der Waals surface area (Å²) in [5, 5.41) is 0. The van der Waals surface area contributed by atoms with Crippen LogP contribution < -0.4 is 5.73 Å². The first kappa shape index (κ1) is 9.88. The molecule has 3 nitrogen and oxygen atoms in total. The molecule has 0 aromatic carbocycles. The van der Waals surface area contributed by atoms with E-state index in [1.54, 1.807) is 13.8 Å². The van der Waals surface area contributed by atoms with Crippen molar-refractivity contribution in [3.05, 3.63) is 12.2 Å². The minimum absolute atomic E-state index is 0.294. The third-order valence-electron chi connectivity index (χ3n) is 1.34. The van der Waals surface area contributed by atoms with Crippen molar-refractivity contribution < 1.29 is 9.59 Å². The van der Waals surface area contributed by atoms with Gasteiger partial charge in [-0.1, -0.05) is 20.4 Å². The predicted molar refractivity (Wildman–Crippen MR) is 42.8 cm³/mol. The summed E-state index contributed by atoms with van der Waals surface area (Å²) in [5.74, 6) is -0.542. The average molecular weight is 155 g/mol. The number of rotatable bonds is 4. The van der Waals surface area contributed by atoms with Crippen LogP contribution in [0.2, 0.25) is 0 Å². The summed E-state index contributed by atoms with van der Waals surface area (Å²) in [6.07, 6.45) is 1.12. The maximum absolute atomic E-state index is 10.5. The van der Waals surface area contributed by atoms with Gasteiger partial charge in [-0.2, -0.15) is 0 Å². The monoisotopic (exact) mass is 155 g/mol. The number of carbonyl (C=O) groups is 2. The van der Waals surface area contributed by atoms with E-state index in [1.807, 2.05) is 0 Å². The fourth-order valence-corrected chi connectivity index (χ4v) is 0.679. The van der Waals surface area contributed by atoms with Gasteiger partial charge in [0, 0.05) is 11.0 Å². The standard InChI is InChI=1S/C8H13NO2/c1-6(7(9)11)4-8(2,3)5-10/h5H,1,4H2,2-3H3,(H2,9,11). The Labute approximate surface area is 66.3 Å². The molecule has 0 spiro atoms. The van der Waals surface area contributed by atoms with E-state index in [1.165, 1.54) is 0 Å². The summed E-state index contributed by atoms with van der Waals surface area (Å²) in [4.78, 5) is 20.9. The normalized spacial score (nSPS) is 10.7. The Balaban J connectivity index is 4.15. The molecule has 0 heterocycles. The molecular formula is C8H13NO2. The first-order valence-corrected chi connectivity index (χ1v) is 3.33. The van der Waals surface area contributed by atoms with E-state index in [2.05, 4.69) is 6.58 Å². The molecule has 0 aromatic heterocycles. The quantitative estimate of drug-likeness (QED) is 0.478. The molecule has 0 aliphatic heterocycles. The van der Waals surface area contributed by atoms with Crippen LogP contribution in [-0.4, -0.2) is 12.2 Å². The molecule has 0 radical (unpaired) electrons. The van der Waals surface area contributed by atoms with Crippen LogP contribution in [0.1, 0.15) is 20.3 Å². The van der Waals surface area contributed by atoms with E-state index in [4.69, 9.17) is 5.73 Å². The summed E-state index contributed by atoms with van der Waals surface area (Å²) in [7, 11) is 0. The van der Waals surface area contributed by atoms with Crippen LogP contribution in [0.3, 0.4) is 0 Å². The fourth-order valence-electron chi connectivity index (χ4n) is 0.679. The highest BCUT2D eigenvalue weighted by Gasteiger charge is 2.19. The highest BCUT2D eigenvalue weighted by atomic mass is 16.1.